The van der Waals surface area contributed by atoms with E-state index in [2.05, 4.69) is 10.2 Å². The molecular formula is C21H30N2O4. The van der Waals surface area contributed by atoms with Crippen molar-refractivity contribution in [2.24, 2.45) is 0 Å². The van der Waals surface area contributed by atoms with Gasteiger partial charge < -0.3 is 29.2 Å². The summed E-state index contributed by atoms with van der Waals surface area (Å²) >= 11 is 0. The fourth-order valence-corrected chi connectivity index (χ4v) is 3.34. The van der Waals surface area contributed by atoms with Crippen LogP contribution in [0.3, 0.4) is 0 Å². The molecule has 0 bridgehead atoms. The topological polar surface area (TPSA) is 67.1 Å². The molecular weight excluding hydrogens is 344 g/mol. The van der Waals surface area contributed by atoms with E-state index in [1.54, 1.807) is 13.4 Å². The molecule has 1 fully saturated rings. The Morgan fingerprint density at radius 2 is 2.07 bits per heavy atom. The maximum absolute atomic E-state index is 10.2. The molecule has 1 unspecified atom stereocenters. The van der Waals surface area contributed by atoms with E-state index in [1.165, 1.54) is 12.8 Å². The number of benzene rings is 1. The summed E-state index contributed by atoms with van der Waals surface area (Å²) in [5.74, 6) is 2.33. The Kier molecular flexibility index (Phi) is 7.56. The Bertz CT molecular complexity index is 669. The first-order valence-corrected chi connectivity index (χ1v) is 9.68. The number of furan rings is 1. The van der Waals surface area contributed by atoms with Gasteiger partial charge in [0.2, 0.25) is 0 Å². The number of likely N-dealkylation sites (tertiary alicyclic amines) is 1. The van der Waals surface area contributed by atoms with Crippen LogP contribution in [0.4, 0.5) is 0 Å². The number of nitrogens with zero attached hydrogens (tertiary/aromatic N) is 1. The smallest absolute Gasteiger partial charge is 0.161 e. The standard InChI is InChI=1S/C21H30N2O4/c1-25-20-7-6-17(14-22-9-8-19-5-4-12-26-19)13-21(20)27-16-18(24)15-23-10-2-3-11-23/h4-7,12-13,18,22,24H,2-3,8-11,14-16H2,1H3. The van der Waals surface area contributed by atoms with Gasteiger partial charge >= 0.3 is 0 Å². The molecule has 27 heavy (non-hydrogen) atoms. The van der Waals surface area contributed by atoms with Gasteiger partial charge in [-0.1, -0.05) is 6.07 Å². The highest BCUT2D eigenvalue weighted by atomic mass is 16.5. The number of hydrogen-bond acceptors (Lipinski definition) is 6. The quantitative estimate of drug-likeness (QED) is 0.589. The van der Waals surface area contributed by atoms with E-state index in [-0.39, 0.29) is 6.61 Å². The van der Waals surface area contributed by atoms with E-state index in [0.717, 1.165) is 43.9 Å². The zero-order chi connectivity index (χ0) is 18.9. The van der Waals surface area contributed by atoms with Crippen molar-refractivity contribution in [1.82, 2.24) is 10.2 Å². The Morgan fingerprint density at radius 3 is 2.81 bits per heavy atom. The Balaban J connectivity index is 1.46. The second kappa shape index (κ2) is 10.3. The summed E-state index contributed by atoms with van der Waals surface area (Å²) in [6.45, 7) is 4.64. The van der Waals surface area contributed by atoms with E-state index >= 15 is 0 Å². The largest absolute Gasteiger partial charge is 0.493 e. The predicted octanol–water partition coefficient (Wildman–Crippen LogP) is 2.46. The number of hydrogen-bond donors (Lipinski definition) is 2. The molecule has 1 aliphatic rings. The number of aliphatic hydroxyl groups excluding tert-OH is 1. The summed E-state index contributed by atoms with van der Waals surface area (Å²) in [4.78, 5) is 2.28. The summed E-state index contributed by atoms with van der Waals surface area (Å²) in [6.07, 6.45) is 4.49. The average molecular weight is 374 g/mol. The zero-order valence-corrected chi connectivity index (χ0v) is 16.0. The van der Waals surface area contributed by atoms with Crippen LogP contribution in [0.25, 0.3) is 0 Å². The van der Waals surface area contributed by atoms with Crippen molar-refractivity contribution in [3.8, 4) is 11.5 Å². The highest BCUT2D eigenvalue weighted by Crippen LogP contribution is 2.28. The summed E-state index contributed by atoms with van der Waals surface area (Å²) in [7, 11) is 1.63. The van der Waals surface area contributed by atoms with Crippen LogP contribution in [0, 0.1) is 0 Å². The van der Waals surface area contributed by atoms with Gasteiger partial charge in [0.15, 0.2) is 11.5 Å². The van der Waals surface area contributed by atoms with Crippen molar-refractivity contribution in [1.29, 1.82) is 0 Å². The Hall–Kier alpha value is -2.02. The van der Waals surface area contributed by atoms with Crippen LogP contribution >= 0.6 is 0 Å². The molecule has 0 amide bonds. The molecule has 2 aromatic rings. The van der Waals surface area contributed by atoms with Gasteiger partial charge in [0.05, 0.1) is 13.4 Å². The lowest BCUT2D eigenvalue weighted by Gasteiger charge is -2.20. The molecule has 0 saturated carbocycles. The third-order valence-corrected chi connectivity index (χ3v) is 4.78. The van der Waals surface area contributed by atoms with Gasteiger partial charge in [-0.3, -0.25) is 0 Å². The number of aliphatic hydroxyl groups is 1. The molecule has 148 valence electrons. The van der Waals surface area contributed by atoms with Gasteiger partial charge in [-0.15, -0.1) is 0 Å². The van der Waals surface area contributed by atoms with Crippen LogP contribution in [-0.4, -0.2) is 56.0 Å². The van der Waals surface area contributed by atoms with Crippen molar-refractivity contribution in [3.63, 3.8) is 0 Å². The van der Waals surface area contributed by atoms with Crippen LogP contribution in [0.15, 0.2) is 41.0 Å². The summed E-state index contributed by atoms with van der Waals surface area (Å²) in [5.41, 5.74) is 1.11. The SMILES string of the molecule is COc1ccc(CNCCc2ccco2)cc1OCC(O)CN1CCCC1. The van der Waals surface area contributed by atoms with E-state index in [1.807, 2.05) is 30.3 Å². The number of rotatable bonds is 11. The molecule has 1 aromatic heterocycles. The maximum Gasteiger partial charge on any atom is 0.161 e. The number of ether oxygens (including phenoxy) is 2. The normalized spacial score (nSPS) is 15.8. The van der Waals surface area contributed by atoms with Crippen molar-refractivity contribution < 1.29 is 19.0 Å². The van der Waals surface area contributed by atoms with Gasteiger partial charge in [-0.25, -0.2) is 0 Å². The lowest BCUT2D eigenvalue weighted by Crippen LogP contribution is -2.33. The summed E-state index contributed by atoms with van der Waals surface area (Å²) in [6, 6.07) is 9.79. The fourth-order valence-electron chi connectivity index (χ4n) is 3.34. The van der Waals surface area contributed by atoms with Gasteiger partial charge in [-0.05, 0) is 55.8 Å². The summed E-state index contributed by atoms with van der Waals surface area (Å²) in [5, 5.41) is 13.6. The molecule has 0 radical (unpaired) electrons. The highest BCUT2D eigenvalue weighted by Gasteiger charge is 2.17. The fraction of sp³-hybridized carbons (Fsp3) is 0.524. The molecule has 3 rings (SSSR count). The van der Waals surface area contributed by atoms with Crippen LogP contribution in [0.2, 0.25) is 0 Å². The van der Waals surface area contributed by atoms with Crippen LogP contribution in [0.5, 0.6) is 11.5 Å². The Morgan fingerprint density at radius 1 is 1.22 bits per heavy atom. The van der Waals surface area contributed by atoms with E-state index in [0.29, 0.717) is 18.0 Å². The number of nitrogens with one attached hydrogen (secondary N) is 1. The van der Waals surface area contributed by atoms with Gasteiger partial charge in [0.25, 0.3) is 0 Å². The molecule has 2 heterocycles. The van der Waals surface area contributed by atoms with E-state index in [4.69, 9.17) is 13.9 Å². The third kappa shape index (κ3) is 6.27. The first-order valence-electron chi connectivity index (χ1n) is 9.68. The summed E-state index contributed by atoms with van der Waals surface area (Å²) < 4.78 is 16.6. The minimum absolute atomic E-state index is 0.266. The second-order valence-electron chi connectivity index (χ2n) is 6.96. The average Bonchev–Trinajstić information content (AvgIpc) is 3.38. The lowest BCUT2D eigenvalue weighted by atomic mass is 10.2. The zero-order valence-electron chi connectivity index (χ0n) is 16.0. The molecule has 0 aliphatic carbocycles. The first-order chi connectivity index (χ1) is 13.2. The Labute approximate surface area is 161 Å². The highest BCUT2D eigenvalue weighted by molar-refractivity contribution is 5.43. The maximum atomic E-state index is 10.2. The molecule has 1 aliphatic heterocycles. The molecule has 6 nitrogen and oxygen atoms in total. The van der Waals surface area contributed by atoms with E-state index in [9.17, 15) is 5.11 Å². The molecule has 1 atom stereocenters. The molecule has 6 heteroatoms. The monoisotopic (exact) mass is 374 g/mol. The molecule has 1 saturated heterocycles. The van der Waals surface area contributed by atoms with Crippen LogP contribution < -0.4 is 14.8 Å². The number of methoxy groups -OCH3 is 1. The second-order valence-corrected chi connectivity index (χ2v) is 6.96. The van der Waals surface area contributed by atoms with Crippen LogP contribution in [0.1, 0.15) is 24.2 Å². The van der Waals surface area contributed by atoms with Crippen LogP contribution in [-0.2, 0) is 13.0 Å². The minimum atomic E-state index is -0.497. The molecule has 2 N–H and O–H groups in total. The third-order valence-electron chi connectivity index (χ3n) is 4.78. The first kappa shape index (κ1) is 19.7. The minimum Gasteiger partial charge on any atom is -0.493 e. The van der Waals surface area contributed by atoms with Crippen molar-refractivity contribution in [2.75, 3.05) is 39.9 Å². The van der Waals surface area contributed by atoms with Gasteiger partial charge in [-0.2, -0.15) is 0 Å². The molecule has 0 spiro atoms. The van der Waals surface area contributed by atoms with Crippen molar-refractivity contribution >= 4 is 0 Å². The van der Waals surface area contributed by atoms with Gasteiger partial charge in [0, 0.05) is 26.1 Å². The predicted molar refractivity (Wildman–Crippen MR) is 104 cm³/mol. The van der Waals surface area contributed by atoms with Gasteiger partial charge in [0.1, 0.15) is 18.5 Å². The number of β-amino-alcohol motifs (C(OH)–C–C–N with tert-alkyl or cyclic N) is 1. The molecule has 1 aromatic carbocycles. The lowest BCUT2D eigenvalue weighted by molar-refractivity contribution is 0.0746. The van der Waals surface area contributed by atoms with E-state index < -0.39 is 6.10 Å². The van der Waals surface area contributed by atoms with Crippen molar-refractivity contribution in [2.45, 2.75) is 31.9 Å². The van der Waals surface area contributed by atoms with Crippen molar-refractivity contribution in [3.05, 3.63) is 47.9 Å².